The van der Waals surface area contributed by atoms with Gasteiger partial charge in [0.2, 0.25) is 0 Å². The molecule has 0 amide bonds. The number of rotatable bonds is 2. The van der Waals surface area contributed by atoms with Crippen molar-refractivity contribution in [2.75, 3.05) is 0 Å². The molecule has 3 rings (SSSR count). The molecule has 0 atom stereocenters. The Hall–Kier alpha value is -1.62. The van der Waals surface area contributed by atoms with E-state index in [0.29, 0.717) is 10.6 Å². The normalized spacial score (nSPS) is 14.4. The second-order valence-corrected chi connectivity index (χ2v) is 5.11. The van der Waals surface area contributed by atoms with Crippen LogP contribution in [-0.4, -0.2) is 14.3 Å². The van der Waals surface area contributed by atoms with Gasteiger partial charge >= 0.3 is 5.69 Å². The van der Waals surface area contributed by atoms with Crippen LogP contribution in [0.1, 0.15) is 24.2 Å². The lowest BCUT2D eigenvalue weighted by atomic mass is 10.2. The first-order valence-electron chi connectivity index (χ1n) is 6.25. The van der Waals surface area contributed by atoms with Crippen molar-refractivity contribution in [2.24, 2.45) is 0 Å². The van der Waals surface area contributed by atoms with Crippen LogP contribution in [0.3, 0.4) is 0 Å². The van der Waals surface area contributed by atoms with Crippen LogP contribution in [0.15, 0.2) is 23.0 Å². The van der Waals surface area contributed by atoms with Crippen LogP contribution in [0.25, 0.3) is 0 Å². The molecule has 1 aliphatic heterocycles. The van der Waals surface area contributed by atoms with Gasteiger partial charge in [-0.15, -0.1) is 0 Å². The largest absolute Gasteiger partial charge is 0.346 e. The molecule has 0 aliphatic carbocycles. The molecule has 1 aromatic carbocycles. The van der Waals surface area contributed by atoms with E-state index in [-0.39, 0.29) is 18.1 Å². The Kier molecular flexibility index (Phi) is 3.14. The molecular weight excluding hydrogens is 269 g/mol. The molecule has 0 spiro atoms. The fourth-order valence-electron chi connectivity index (χ4n) is 2.36. The van der Waals surface area contributed by atoms with Crippen molar-refractivity contribution in [2.45, 2.75) is 32.4 Å². The molecule has 0 unspecified atom stereocenters. The highest BCUT2D eigenvalue weighted by atomic mass is 35.5. The Morgan fingerprint density at radius 2 is 2.21 bits per heavy atom. The molecule has 0 bridgehead atoms. The highest BCUT2D eigenvalue weighted by Gasteiger charge is 2.17. The number of nitrogens with zero attached hydrogens (tertiary/aromatic N) is 3. The number of halogens is 2. The lowest BCUT2D eigenvalue weighted by Crippen LogP contribution is -2.27. The molecule has 2 heterocycles. The van der Waals surface area contributed by atoms with Crippen molar-refractivity contribution in [3.63, 3.8) is 0 Å². The maximum Gasteiger partial charge on any atom is 0.346 e. The first-order valence-corrected chi connectivity index (χ1v) is 6.63. The van der Waals surface area contributed by atoms with Crippen LogP contribution < -0.4 is 5.69 Å². The number of aryl methyl sites for hydroxylation is 1. The molecule has 4 nitrogen and oxygen atoms in total. The Labute approximate surface area is 114 Å². The topological polar surface area (TPSA) is 39.8 Å². The van der Waals surface area contributed by atoms with Gasteiger partial charge in [-0.3, -0.25) is 4.57 Å². The Bertz CT molecular complexity index is 677. The van der Waals surface area contributed by atoms with Crippen molar-refractivity contribution in [3.8, 4) is 0 Å². The second kappa shape index (κ2) is 4.81. The average Bonchev–Trinajstić information content (AvgIpc) is 2.70. The van der Waals surface area contributed by atoms with Gasteiger partial charge in [-0.1, -0.05) is 17.7 Å². The maximum atomic E-state index is 13.0. The van der Waals surface area contributed by atoms with Crippen molar-refractivity contribution >= 4 is 11.6 Å². The monoisotopic (exact) mass is 281 g/mol. The quantitative estimate of drug-likeness (QED) is 0.847. The van der Waals surface area contributed by atoms with E-state index >= 15 is 0 Å². The van der Waals surface area contributed by atoms with E-state index in [1.165, 1.54) is 16.8 Å². The van der Waals surface area contributed by atoms with Gasteiger partial charge in [0.1, 0.15) is 11.6 Å². The van der Waals surface area contributed by atoms with Crippen molar-refractivity contribution in [3.05, 3.63) is 50.9 Å². The fraction of sp³-hybridized carbons (Fsp3) is 0.385. The summed E-state index contributed by atoms with van der Waals surface area (Å²) in [5.41, 5.74) is 0.579. The summed E-state index contributed by atoms with van der Waals surface area (Å²) in [6.07, 6.45) is 2.91. The molecule has 1 aromatic heterocycles. The molecule has 0 radical (unpaired) electrons. The van der Waals surface area contributed by atoms with Gasteiger partial charge in [0.15, 0.2) is 0 Å². The lowest BCUT2D eigenvalue weighted by molar-refractivity contribution is 0.511. The molecular formula is C13H13ClFN3O. The highest BCUT2D eigenvalue weighted by Crippen LogP contribution is 2.18. The number of hydrogen-bond donors (Lipinski definition) is 0. The van der Waals surface area contributed by atoms with Crippen LogP contribution >= 0.6 is 11.6 Å². The van der Waals surface area contributed by atoms with Crippen LogP contribution in [0.2, 0.25) is 5.02 Å². The van der Waals surface area contributed by atoms with Gasteiger partial charge in [0.25, 0.3) is 0 Å². The third-order valence-corrected chi connectivity index (χ3v) is 3.72. The molecule has 100 valence electrons. The summed E-state index contributed by atoms with van der Waals surface area (Å²) in [5.74, 6) is 0.444. The molecule has 2 aromatic rings. The first kappa shape index (κ1) is 12.4. The third-order valence-electron chi connectivity index (χ3n) is 3.37. The summed E-state index contributed by atoms with van der Waals surface area (Å²) in [5, 5.41) is 4.64. The highest BCUT2D eigenvalue weighted by molar-refractivity contribution is 6.31. The molecule has 0 fully saturated rings. The van der Waals surface area contributed by atoms with Crippen LogP contribution in [0.4, 0.5) is 4.39 Å². The molecule has 6 heteroatoms. The van der Waals surface area contributed by atoms with E-state index in [1.807, 2.05) is 0 Å². The van der Waals surface area contributed by atoms with Gasteiger partial charge < -0.3 is 0 Å². The summed E-state index contributed by atoms with van der Waals surface area (Å²) in [6.45, 7) is 1.00. The number of fused-ring (bicyclic) bond motifs is 1. The van der Waals surface area contributed by atoms with Gasteiger partial charge in [0, 0.05) is 18.0 Å². The molecule has 1 aliphatic rings. The van der Waals surface area contributed by atoms with Crippen molar-refractivity contribution in [1.29, 1.82) is 0 Å². The summed E-state index contributed by atoms with van der Waals surface area (Å²) in [6, 6.07) is 4.17. The van der Waals surface area contributed by atoms with Crippen LogP contribution in [0.5, 0.6) is 0 Å². The Balaban J connectivity index is 1.95. The molecule has 19 heavy (non-hydrogen) atoms. The summed E-state index contributed by atoms with van der Waals surface area (Å²) < 4.78 is 16.1. The van der Waals surface area contributed by atoms with Gasteiger partial charge in [-0.25, -0.2) is 13.9 Å². The molecule has 0 saturated heterocycles. The predicted molar refractivity (Wildman–Crippen MR) is 69.9 cm³/mol. The second-order valence-electron chi connectivity index (χ2n) is 4.70. The minimum atomic E-state index is -0.384. The van der Waals surface area contributed by atoms with Crippen molar-refractivity contribution < 1.29 is 4.39 Å². The third kappa shape index (κ3) is 2.30. The zero-order valence-corrected chi connectivity index (χ0v) is 11.0. The standard InChI is InChI=1S/C13H13ClFN3O/c14-11-7-10(15)5-4-9(11)8-18-13(19)17-6-2-1-3-12(17)16-18/h4-5,7H,1-3,6,8H2. The minimum absolute atomic E-state index is 0.116. The van der Waals surface area contributed by atoms with E-state index in [1.54, 1.807) is 10.6 Å². The van der Waals surface area contributed by atoms with Gasteiger partial charge in [0.05, 0.1) is 6.54 Å². The fourth-order valence-corrected chi connectivity index (χ4v) is 2.59. The zero-order valence-electron chi connectivity index (χ0n) is 10.3. The van der Waals surface area contributed by atoms with E-state index in [4.69, 9.17) is 11.6 Å². The van der Waals surface area contributed by atoms with Gasteiger partial charge in [-0.05, 0) is 30.5 Å². The SMILES string of the molecule is O=c1n(Cc2ccc(F)cc2Cl)nc2n1CCCC2. The molecule has 0 saturated carbocycles. The predicted octanol–water partition coefficient (Wildman–Crippen LogP) is 2.22. The van der Waals surface area contributed by atoms with E-state index in [2.05, 4.69) is 5.10 Å². The van der Waals surface area contributed by atoms with Crippen LogP contribution in [-0.2, 0) is 19.5 Å². The van der Waals surface area contributed by atoms with Crippen molar-refractivity contribution in [1.82, 2.24) is 14.3 Å². The summed E-state index contributed by atoms with van der Waals surface area (Å²) >= 11 is 5.97. The van der Waals surface area contributed by atoms with E-state index < -0.39 is 0 Å². The number of hydrogen-bond acceptors (Lipinski definition) is 2. The summed E-state index contributed by atoms with van der Waals surface area (Å²) in [7, 11) is 0. The summed E-state index contributed by atoms with van der Waals surface area (Å²) in [4.78, 5) is 12.1. The van der Waals surface area contributed by atoms with Gasteiger partial charge in [-0.2, -0.15) is 5.10 Å². The molecule has 0 N–H and O–H groups in total. The number of aromatic nitrogens is 3. The Morgan fingerprint density at radius 1 is 1.37 bits per heavy atom. The van der Waals surface area contributed by atoms with E-state index in [9.17, 15) is 9.18 Å². The smallest absolute Gasteiger partial charge is 0.279 e. The Morgan fingerprint density at radius 3 is 2.95 bits per heavy atom. The number of benzene rings is 1. The van der Waals surface area contributed by atoms with E-state index in [0.717, 1.165) is 31.6 Å². The maximum absolute atomic E-state index is 13.0. The lowest BCUT2D eigenvalue weighted by Gasteiger charge is -2.09. The average molecular weight is 282 g/mol. The minimum Gasteiger partial charge on any atom is -0.279 e. The first-order chi connectivity index (χ1) is 9.15. The van der Waals surface area contributed by atoms with Crippen LogP contribution in [0, 0.1) is 5.82 Å². The zero-order chi connectivity index (χ0) is 13.4.